The minimum Gasteiger partial charge on any atom is -0.353 e. The number of thiophene rings is 1. The summed E-state index contributed by atoms with van der Waals surface area (Å²) >= 11 is 1.61. The van der Waals surface area contributed by atoms with Crippen molar-refractivity contribution in [1.82, 2.24) is 4.98 Å². The van der Waals surface area contributed by atoms with Gasteiger partial charge in [0.15, 0.2) is 0 Å². The molecule has 0 aliphatic rings. The van der Waals surface area contributed by atoms with Crippen LogP contribution in [0.5, 0.6) is 0 Å². The van der Waals surface area contributed by atoms with Gasteiger partial charge in [0.2, 0.25) is 0 Å². The maximum Gasteiger partial charge on any atom is 0.101 e. The van der Waals surface area contributed by atoms with Crippen LogP contribution in [0.4, 0.5) is 11.4 Å². The van der Waals surface area contributed by atoms with E-state index in [1.54, 1.807) is 29.8 Å². The molecule has 0 aliphatic heterocycles. The zero-order valence-electron chi connectivity index (χ0n) is 7.27. The van der Waals surface area contributed by atoms with Gasteiger partial charge in [-0.3, -0.25) is 4.98 Å². The number of nitrogens with zero attached hydrogens (tertiary/aromatic N) is 2. The molecule has 0 saturated heterocycles. The molecule has 0 atom stereocenters. The first-order chi connectivity index (χ1) is 6.90. The molecular formula is C10H7N3S. The van der Waals surface area contributed by atoms with Crippen LogP contribution in [0.1, 0.15) is 5.56 Å². The van der Waals surface area contributed by atoms with Crippen LogP contribution in [0.3, 0.4) is 0 Å². The molecule has 0 aliphatic carbocycles. The molecule has 14 heavy (non-hydrogen) atoms. The third-order valence-electron chi connectivity index (χ3n) is 1.74. The fraction of sp³-hybridized carbons (Fsp3) is 0. The van der Waals surface area contributed by atoms with Crippen molar-refractivity contribution in [2.24, 2.45) is 0 Å². The summed E-state index contributed by atoms with van der Waals surface area (Å²) in [6.45, 7) is 0. The lowest BCUT2D eigenvalue weighted by molar-refractivity contribution is 1.30. The molecule has 1 N–H and O–H groups in total. The van der Waals surface area contributed by atoms with E-state index in [9.17, 15) is 0 Å². The number of rotatable bonds is 2. The Kier molecular flexibility index (Phi) is 2.43. The van der Waals surface area contributed by atoms with Gasteiger partial charge >= 0.3 is 0 Å². The highest BCUT2D eigenvalue weighted by Gasteiger charge is 2.01. The lowest BCUT2D eigenvalue weighted by Gasteiger charge is -2.03. The molecular weight excluding hydrogens is 194 g/mol. The van der Waals surface area contributed by atoms with Crippen LogP contribution in [0.2, 0.25) is 0 Å². The average molecular weight is 201 g/mol. The SMILES string of the molecule is N#Cc1ccncc1Nc1ccsc1. The molecule has 0 spiro atoms. The summed E-state index contributed by atoms with van der Waals surface area (Å²) in [7, 11) is 0. The Hall–Kier alpha value is -1.86. The minimum atomic E-state index is 0.603. The van der Waals surface area contributed by atoms with Crippen LogP contribution < -0.4 is 5.32 Å². The van der Waals surface area contributed by atoms with Crippen LogP contribution in [-0.4, -0.2) is 4.98 Å². The van der Waals surface area contributed by atoms with Crippen LogP contribution >= 0.6 is 11.3 Å². The molecule has 0 unspecified atom stereocenters. The lowest BCUT2D eigenvalue weighted by Crippen LogP contribution is -1.92. The monoisotopic (exact) mass is 201 g/mol. The highest BCUT2D eigenvalue weighted by Crippen LogP contribution is 2.20. The summed E-state index contributed by atoms with van der Waals surface area (Å²) < 4.78 is 0. The third-order valence-corrected chi connectivity index (χ3v) is 2.42. The van der Waals surface area contributed by atoms with Crippen molar-refractivity contribution in [2.75, 3.05) is 5.32 Å². The maximum absolute atomic E-state index is 8.83. The van der Waals surface area contributed by atoms with Gasteiger partial charge in [-0.2, -0.15) is 16.6 Å². The summed E-state index contributed by atoms with van der Waals surface area (Å²) in [6.07, 6.45) is 3.26. The van der Waals surface area contributed by atoms with Crippen molar-refractivity contribution >= 4 is 22.7 Å². The molecule has 0 saturated carbocycles. The van der Waals surface area contributed by atoms with Gasteiger partial charge in [-0.15, -0.1) is 0 Å². The Labute approximate surface area is 85.7 Å². The highest BCUT2D eigenvalue weighted by atomic mass is 32.1. The van der Waals surface area contributed by atoms with Crippen molar-refractivity contribution in [3.8, 4) is 6.07 Å². The van der Waals surface area contributed by atoms with Gasteiger partial charge in [-0.05, 0) is 17.5 Å². The van der Waals surface area contributed by atoms with Crippen molar-refractivity contribution in [3.05, 3.63) is 40.8 Å². The minimum absolute atomic E-state index is 0.603. The molecule has 4 heteroatoms. The number of pyridine rings is 1. The molecule has 0 bridgehead atoms. The molecule has 3 nitrogen and oxygen atoms in total. The lowest BCUT2D eigenvalue weighted by atomic mass is 10.2. The van der Waals surface area contributed by atoms with Gasteiger partial charge in [0.1, 0.15) is 6.07 Å². The Bertz CT molecular complexity index is 456. The number of hydrogen-bond acceptors (Lipinski definition) is 4. The number of anilines is 2. The van der Waals surface area contributed by atoms with E-state index in [4.69, 9.17) is 5.26 Å². The first kappa shape index (κ1) is 8.73. The van der Waals surface area contributed by atoms with E-state index in [0.29, 0.717) is 5.56 Å². The quantitative estimate of drug-likeness (QED) is 0.812. The van der Waals surface area contributed by atoms with E-state index in [-0.39, 0.29) is 0 Å². The van der Waals surface area contributed by atoms with Crippen LogP contribution in [-0.2, 0) is 0 Å². The van der Waals surface area contributed by atoms with Crippen molar-refractivity contribution in [2.45, 2.75) is 0 Å². The second kappa shape index (κ2) is 3.90. The zero-order valence-corrected chi connectivity index (χ0v) is 8.08. The van der Waals surface area contributed by atoms with Gasteiger partial charge in [0, 0.05) is 17.3 Å². The maximum atomic E-state index is 8.83. The number of hydrogen-bond donors (Lipinski definition) is 1. The van der Waals surface area contributed by atoms with Crippen molar-refractivity contribution in [3.63, 3.8) is 0 Å². The smallest absolute Gasteiger partial charge is 0.101 e. The summed E-state index contributed by atoms with van der Waals surface area (Å²) in [5.74, 6) is 0. The summed E-state index contributed by atoms with van der Waals surface area (Å²) in [4.78, 5) is 3.96. The summed E-state index contributed by atoms with van der Waals surface area (Å²) in [5.41, 5.74) is 2.33. The molecule has 68 valence electrons. The van der Waals surface area contributed by atoms with Gasteiger partial charge in [0.25, 0.3) is 0 Å². The van der Waals surface area contributed by atoms with Gasteiger partial charge in [0.05, 0.1) is 17.4 Å². The first-order valence-corrected chi connectivity index (χ1v) is 4.98. The largest absolute Gasteiger partial charge is 0.353 e. The molecule has 0 radical (unpaired) electrons. The van der Waals surface area contributed by atoms with Gasteiger partial charge < -0.3 is 5.32 Å². The van der Waals surface area contributed by atoms with E-state index in [1.807, 2.05) is 16.8 Å². The molecule has 2 aromatic rings. The summed E-state index contributed by atoms with van der Waals surface area (Å²) in [5, 5.41) is 15.9. The predicted octanol–water partition coefficient (Wildman–Crippen LogP) is 2.76. The first-order valence-electron chi connectivity index (χ1n) is 4.03. The molecule has 0 fully saturated rings. The normalized spacial score (nSPS) is 9.36. The Morgan fingerprint density at radius 2 is 2.36 bits per heavy atom. The second-order valence-corrected chi connectivity index (χ2v) is 3.45. The van der Waals surface area contributed by atoms with E-state index in [2.05, 4.69) is 16.4 Å². The van der Waals surface area contributed by atoms with E-state index < -0.39 is 0 Å². The van der Waals surface area contributed by atoms with Crippen molar-refractivity contribution < 1.29 is 0 Å². The van der Waals surface area contributed by atoms with Gasteiger partial charge in [-0.25, -0.2) is 0 Å². The Morgan fingerprint density at radius 3 is 3.07 bits per heavy atom. The fourth-order valence-corrected chi connectivity index (χ4v) is 1.67. The summed E-state index contributed by atoms with van der Waals surface area (Å²) in [6, 6.07) is 5.76. The molecule has 0 aromatic carbocycles. The topological polar surface area (TPSA) is 48.7 Å². The molecule has 2 heterocycles. The highest BCUT2D eigenvalue weighted by molar-refractivity contribution is 7.08. The van der Waals surface area contributed by atoms with Crippen molar-refractivity contribution in [1.29, 1.82) is 5.26 Å². The fourth-order valence-electron chi connectivity index (χ4n) is 1.08. The zero-order chi connectivity index (χ0) is 9.80. The third kappa shape index (κ3) is 1.73. The Balaban J connectivity index is 2.30. The molecule has 2 aromatic heterocycles. The van der Waals surface area contributed by atoms with Crippen LogP contribution in [0.15, 0.2) is 35.3 Å². The van der Waals surface area contributed by atoms with Crippen LogP contribution in [0.25, 0.3) is 0 Å². The van der Waals surface area contributed by atoms with E-state index in [0.717, 1.165) is 11.4 Å². The number of nitriles is 1. The predicted molar refractivity (Wildman–Crippen MR) is 56.6 cm³/mol. The van der Waals surface area contributed by atoms with E-state index in [1.165, 1.54) is 0 Å². The Morgan fingerprint density at radius 1 is 1.43 bits per heavy atom. The molecule has 2 rings (SSSR count). The number of nitrogens with one attached hydrogen (secondary N) is 1. The average Bonchev–Trinajstić information content (AvgIpc) is 2.71. The van der Waals surface area contributed by atoms with Gasteiger partial charge in [-0.1, -0.05) is 0 Å². The number of aromatic nitrogens is 1. The van der Waals surface area contributed by atoms with E-state index >= 15 is 0 Å². The standard InChI is InChI=1S/C10H7N3S/c11-5-8-1-3-12-6-10(8)13-9-2-4-14-7-9/h1-4,6-7,13H. The second-order valence-electron chi connectivity index (χ2n) is 2.67. The molecule has 0 amide bonds. The van der Waals surface area contributed by atoms with Crippen LogP contribution in [0, 0.1) is 11.3 Å².